The molecule has 2 heterocycles. The molecule has 0 radical (unpaired) electrons. The molecule has 6 heteroatoms. The fraction of sp³-hybridized carbons (Fsp3) is 0.444. The van der Waals surface area contributed by atoms with Gasteiger partial charge in [-0.25, -0.2) is 9.78 Å². The molecule has 0 spiro atoms. The van der Waals surface area contributed by atoms with E-state index in [9.17, 15) is 4.79 Å². The molecular weight excluding hydrogens is 304 g/mol. The molecule has 1 atom stereocenters. The van der Waals surface area contributed by atoms with Crippen LogP contribution >= 0.6 is 0 Å². The van der Waals surface area contributed by atoms with Gasteiger partial charge < -0.3 is 19.5 Å². The summed E-state index contributed by atoms with van der Waals surface area (Å²) in [5, 5.41) is 2.97. The number of hydrogen-bond acceptors (Lipinski definition) is 3. The Hall–Kier alpha value is -2.34. The number of ether oxygens (including phenoxy) is 1. The molecule has 0 aliphatic carbocycles. The van der Waals surface area contributed by atoms with Crippen LogP contribution in [-0.4, -0.2) is 52.8 Å². The van der Waals surface area contributed by atoms with Gasteiger partial charge in [0, 0.05) is 38.6 Å². The maximum absolute atomic E-state index is 12.3. The summed E-state index contributed by atoms with van der Waals surface area (Å²) in [6.07, 6.45) is 7.39. The number of urea groups is 1. The largest absolute Gasteiger partial charge is 0.375 e. The van der Waals surface area contributed by atoms with Crippen LogP contribution in [0.5, 0.6) is 0 Å². The van der Waals surface area contributed by atoms with Crippen LogP contribution in [0.15, 0.2) is 49.1 Å². The van der Waals surface area contributed by atoms with E-state index in [2.05, 4.69) is 34.6 Å². The third kappa shape index (κ3) is 4.83. The highest BCUT2D eigenvalue weighted by Crippen LogP contribution is 2.12. The van der Waals surface area contributed by atoms with Crippen LogP contribution in [0.2, 0.25) is 0 Å². The molecule has 0 unspecified atom stereocenters. The van der Waals surface area contributed by atoms with Crippen LogP contribution < -0.4 is 5.32 Å². The second-order valence-electron chi connectivity index (χ2n) is 6.00. The van der Waals surface area contributed by atoms with Crippen molar-refractivity contribution in [1.29, 1.82) is 0 Å². The van der Waals surface area contributed by atoms with Crippen molar-refractivity contribution in [3.05, 3.63) is 54.6 Å². The molecule has 3 rings (SSSR count). The smallest absolute Gasteiger partial charge is 0.317 e. The molecule has 6 nitrogen and oxygen atoms in total. The Morgan fingerprint density at radius 2 is 2.21 bits per heavy atom. The first-order valence-corrected chi connectivity index (χ1v) is 8.45. The minimum Gasteiger partial charge on any atom is -0.375 e. The van der Waals surface area contributed by atoms with Crippen molar-refractivity contribution >= 4 is 6.03 Å². The lowest BCUT2D eigenvalue weighted by molar-refractivity contribution is -0.0176. The van der Waals surface area contributed by atoms with Gasteiger partial charge in [0.05, 0.1) is 19.0 Å². The third-order valence-corrected chi connectivity index (χ3v) is 4.23. The fourth-order valence-electron chi connectivity index (χ4n) is 2.87. The number of rotatable bonds is 6. The summed E-state index contributed by atoms with van der Waals surface area (Å²) < 4.78 is 7.76. The first-order valence-electron chi connectivity index (χ1n) is 8.45. The van der Waals surface area contributed by atoms with E-state index in [0.717, 1.165) is 19.4 Å². The van der Waals surface area contributed by atoms with Gasteiger partial charge in [0.15, 0.2) is 0 Å². The molecule has 24 heavy (non-hydrogen) atoms. The van der Waals surface area contributed by atoms with E-state index in [0.29, 0.717) is 26.2 Å². The standard InChI is InChI=1S/C18H24N4O2/c23-18(20-9-11-21-10-8-19-15-21)22-12-13-24-17(14-22)7-6-16-4-2-1-3-5-16/h1-5,8,10,15,17H,6-7,9,11-14H2,(H,20,23)/t17-/m0/s1. The Kier molecular flexibility index (Phi) is 5.85. The Bertz CT molecular complexity index is 615. The molecule has 1 saturated heterocycles. The van der Waals surface area contributed by atoms with E-state index in [-0.39, 0.29) is 12.1 Å². The Morgan fingerprint density at radius 1 is 1.33 bits per heavy atom. The molecule has 1 N–H and O–H groups in total. The van der Waals surface area contributed by atoms with Gasteiger partial charge in [-0.15, -0.1) is 0 Å². The van der Waals surface area contributed by atoms with Crippen molar-refractivity contribution in [3.63, 3.8) is 0 Å². The predicted octanol–water partition coefficient (Wildman–Crippen LogP) is 1.93. The van der Waals surface area contributed by atoms with Gasteiger partial charge >= 0.3 is 6.03 Å². The van der Waals surface area contributed by atoms with Crippen LogP contribution in [0, 0.1) is 0 Å². The quantitative estimate of drug-likeness (QED) is 0.881. The van der Waals surface area contributed by atoms with Gasteiger partial charge in [0.2, 0.25) is 0 Å². The van der Waals surface area contributed by atoms with E-state index < -0.39 is 0 Å². The molecule has 2 amide bonds. The molecule has 1 aliphatic rings. The third-order valence-electron chi connectivity index (χ3n) is 4.23. The number of morpholine rings is 1. The number of carbonyl (C=O) groups is 1. The van der Waals surface area contributed by atoms with Crippen molar-refractivity contribution in [2.24, 2.45) is 0 Å². The van der Waals surface area contributed by atoms with E-state index in [1.165, 1.54) is 5.56 Å². The number of amides is 2. The minimum absolute atomic E-state index is 0.0110. The molecular formula is C18H24N4O2. The second kappa shape index (κ2) is 8.49. The Labute approximate surface area is 142 Å². The zero-order valence-corrected chi connectivity index (χ0v) is 13.8. The average Bonchev–Trinajstić information content (AvgIpc) is 3.14. The summed E-state index contributed by atoms with van der Waals surface area (Å²) >= 11 is 0. The minimum atomic E-state index is -0.0110. The number of nitrogens with zero attached hydrogens (tertiary/aromatic N) is 3. The summed E-state index contributed by atoms with van der Waals surface area (Å²) in [7, 11) is 0. The highest BCUT2D eigenvalue weighted by molar-refractivity contribution is 5.74. The van der Waals surface area contributed by atoms with E-state index in [4.69, 9.17) is 4.74 Å². The topological polar surface area (TPSA) is 59.4 Å². The molecule has 0 saturated carbocycles. The van der Waals surface area contributed by atoms with Crippen molar-refractivity contribution < 1.29 is 9.53 Å². The molecule has 2 aromatic rings. The molecule has 1 aliphatic heterocycles. The van der Waals surface area contributed by atoms with Crippen LogP contribution in [0.1, 0.15) is 12.0 Å². The summed E-state index contributed by atoms with van der Waals surface area (Å²) in [5.74, 6) is 0. The maximum atomic E-state index is 12.3. The lowest BCUT2D eigenvalue weighted by Crippen LogP contribution is -2.50. The van der Waals surface area contributed by atoms with Gasteiger partial charge in [-0.1, -0.05) is 30.3 Å². The number of aryl methyl sites for hydroxylation is 1. The fourth-order valence-corrected chi connectivity index (χ4v) is 2.87. The van der Waals surface area contributed by atoms with E-state index in [1.54, 1.807) is 12.5 Å². The maximum Gasteiger partial charge on any atom is 0.317 e. The lowest BCUT2D eigenvalue weighted by atomic mass is 10.1. The van der Waals surface area contributed by atoms with Crippen LogP contribution in [-0.2, 0) is 17.7 Å². The second-order valence-corrected chi connectivity index (χ2v) is 6.00. The number of benzene rings is 1. The van der Waals surface area contributed by atoms with Crippen LogP contribution in [0.25, 0.3) is 0 Å². The number of imidazole rings is 1. The van der Waals surface area contributed by atoms with E-state index in [1.807, 2.05) is 21.7 Å². The molecule has 1 aromatic heterocycles. The summed E-state index contributed by atoms with van der Waals surface area (Å²) in [6.45, 7) is 3.24. The number of aromatic nitrogens is 2. The lowest BCUT2D eigenvalue weighted by Gasteiger charge is -2.33. The van der Waals surface area contributed by atoms with Gasteiger partial charge in [0.1, 0.15) is 0 Å². The van der Waals surface area contributed by atoms with Crippen molar-refractivity contribution in [3.8, 4) is 0 Å². The molecule has 0 bridgehead atoms. The first kappa shape index (κ1) is 16.5. The van der Waals surface area contributed by atoms with E-state index >= 15 is 0 Å². The van der Waals surface area contributed by atoms with Gasteiger partial charge in [0.25, 0.3) is 0 Å². The Morgan fingerprint density at radius 3 is 3.00 bits per heavy atom. The normalized spacial score (nSPS) is 17.7. The number of nitrogens with one attached hydrogen (secondary N) is 1. The average molecular weight is 328 g/mol. The molecule has 128 valence electrons. The molecule has 1 aromatic carbocycles. The predicted molar refractivity (Wildman–Crippen MR) is 91.7 cm³/mol. The van der Waals surface area contributed by atoms with Crippen molar-refractivity contribution in [2.75, 3.05) is 26.2 Å². The summed E-state index contributed by atoms with van der Waals surface area (Å²) in [6, 6.07) is 10.4. The number of carbonyl (C=O) groups excluding carboxylic acids is 1. The summed E-state index contributed by atoms with van der Waals surface area (Å²) in [5.41, 5.74) is 1.31. The van der Waals surface area contributed by atoms with Gasteiger partial charge in [-0.3, -0.25) is 0 Å². The van der Waals surface area contributed by atoms with Gasteiger partial charge in [-0.2, -0.15) is 0 Å². The van der Waals surface area contributed by atoms with Crippen molar-refractivity contribution in [1.82, 2.24) is 19.8 Å². The highest BCUT2D eigenvalue weighted by Gasteiger charge is 2.23. The molecule has 1 fully saturated rings. The zero-order valence-electron chi connectivity index (χ0n) is 13.8. The van der Waals surface area contributed by atoms with Crippen molar-refractivity contribution in [2.45, 2.75) is 25.5 Å². The number of hydrogen-bond donors (Lipinski definition) is 1. The van der Waals surface area contributed by atoms with Gasteiger partial charge in [-0.05, 0) is 18.4 Å². The highest BCUT2D eigenvalue weighted by atomic mass is 16.5. The zero-order chi connectivity index (χ0) is 16.6. The summed E-state index contributed by atoms with van der Waals surface area (Å²) in [4.78, 5) is 18.1. The van der Waals surface area contributed by atoms with Crippen LogP contribution in [0.4, 0.5) is 4.79 Å². The van der Waals surface area contributed by atoms with Crippen LogP contribution in [0.3, 0.4) is 0 Å². The Balaban J connectivity index is 1.40. The SMILES string of the molecule is O=C(NCCn1ccnc1)N1CCO[C@@H](CCc2ccccc2)C1. The first-order chi connectivity index (χ1) is 11.8. The monoisotopic (exact) mass is 328 g/mol.